The van der Waals surface area contributed by atoms with Crippen molar-refractivity contribution in [3.05, 3.63) is 113 Å². The normalized spacial score (nSPS) is 36.5. The number of hydrogen-bond acceptors (Lipinski definition) is 4. The average Bonchev–Trinajstić information content (AvgIpc) is 3.66. The van der Waals surface area contributed by atoms with Crippen molar-refractivity contribution < 1.29 is 4.74 Å². The Morgan fingerprint density at radius 1 is 0.943 bits per heavy atom. The molecule has 10 rings (SSSR count). The first-order valence-electron chi connectivity index (χ1n) is 21.5. The van der Waals surface area contributed by atoms with Crippen molar-refractivity contribution in [1.82, 2.24) is 9.80 Å². The third-order valence-electron chi connectivity index (χ3n) is 15.6. The van der Waals surface area contributed by atoms with Crippen molar-refractivity contribution in [3.63, 3.8) is 0 Å². The molecule has 278 valence electrons. The van der Waals surface area contributed by atoms with Gasteiger partial charge in [0.05, 0.1) is 18.1 Å². The Kier molecular flexibility index (Phi) is 8.13. The van der Waals surface area contributed by atoms with Crippen molar-refractivity contribution in [1.29, 1.82) is 0 Å². The largest absolute Gasteiger partial charge is 0.361 e. The predicted molar refractivity (Wildman–Crippen MR) is 221 cm³/mol. The SMILES string of the molecule is CC1CC2=C3B(C4C=CC(C(C)(C)C)=C5C4N(C3C1)C(C)(C)C51CCCCC1)C1OC(N(c3ccccc3)C3C=CC=CC3)CC1N2C1=CC=CCC1. The van der Waals surface area contributed by atoms with E-state index in [-0.39, 0.29) is 34.6 Å². The maximum Gasteiger partial charge on any atom is 0.220 e. The van der Waals surface area contributed by atoms with E-state index in [4.69, 9.17) is 4.74 Å². The van der Waals surface area contributed by atoms with E-state index in [1.54, 1.807) is 16.7 Å². The van der Waals surface area contributed by atoms with Crippen LogP contribution < -0.4 is 4.90 Å². The van der Waals surface area contributed by atoms with Gasteiger partial charge in [0, 0.05) is 46.5 Å². The van der Waals surface area contributed by atoms with E-state index in [9.17, 15) is 0 Å². The Labute approximate surface area is 320 Å². The van der Waals surface area contributed by atoms with Crippen molar-refractivity contribution in [2.45, 2.75) is 160 Å². The maximum absolute atomic E-state index is 7.82. The molecule has 4 aliphatic heterocycles. The molecule has 5 aliphatic carbocycles. The van der Waals surface area contributed by atoms with Gasteiger partial charge in [0.15, 0.2) is 0 Å². The third kappa shape index (κ3) is 5.01. The van der Waals surface area contributed by atoms with Crippen LogP contribution in [-0.4, -0.2) is 58.5 Å². The minimum atomic E-state index is 0.0171. The fourth-order valence-corrected chi connectivity index (χ4v) is 13.6. The first kappa shape index (κ1) is 34.5. The quantitative estimate of drug-likeness (QED) is 0.290. The molecule has 8 unspecified atom stereocenters. The number of fused-ring (bicyclic) bond motifs is 5. The van der Waals surface area contributed by atoms with Crippen LogP contribution in [0.15, 0.2) is 113 Å². The number of rotatable bonds is 4. The van der Waals surface area contributed by atoms with Gasteiger partial charge in [-0.2, -0.15) is 0 Å². The zero-order valence-corrected chi connectivity index (χ0v) is 33.3. The number of anilines is 1. The van der Waals surface area contributed by atoms with Gasteiger partial charge in [-0.25, -0.2) is 0 Å². The fourth-order valence-electron chi connectivity index (χ4n) is 13.6. The van der Waals surface area contributed by atoms with E-state index < -0.39 is 0 Å². The lowest BCUT2D eigenvalue weighted by atomic mass is 9.26. The summed E-state index contributed by atoms with van der Waals surface area (Å²) in [5.74, 6) is 1.09. The van der Waals surface area contributed by atoms with E-state index in [0.717, 1.165) is 25.7 Å². The van der Waals surface area contributed by atoms with Crippen LogP contribution in [0.4, 0.5) is 5.69 Å². The Balaban J connectivity index is 1.16. The number of benzene rings is 1. The van der Waals surface area contributed by atoms with Gasteiger partial charge >= 0.3 is 0 Å². The molecular formula is C48H62BN3O. The zero-order valence-electron chi connectivity index (χ0n) is 33.3. The number of hydrogen-bond donors (Lipinski definition) is 0. The topological polar surface area (TPSA) is 19.0 Å². The first-order valence-corrected chi connectivity index (χ1v) is 21.5. The van der Waals surface area contributed by atoms with Crippen LogP contribution in [-0.2, 0) is 4.74 Å². The molecule has 9 aliphatic rings. The molecule has 3 saturated heterocycles. The van der Waals surface area contributed by atoms with Crippen molar-refractivity contribution in [2.24, 2.45) is 16.7 Å². The van der Waals surface area contributed by atoms with Gasteiger partial charge in [0.25, 0.3) is 0 Å². The minimum Gasteiger partial charge on any atom is -0.361 e. The molecule has 4 nitrogen and oxygen atoms in total. The van der Waals surface area contributed by atoms with Crippen LogP contribution in [0.1, 0.15) is 112 Å². The van der Waals surface area contributed by atoms with Gasteiger partial charge in [0.2, 0.25) is 6.71 Å². The summed E-state index contributed by atoms with van der Waals surface area (Å²) < 4.78 is 7.82. The Morgan fingerprint density at radius 2 is 1.75 bits per heavy atom. The zero-order chi connectivity index (χ0) is 36.3. The molecule has 8 atom stereocenters. The highest BCUT2D eigenvalue weighted by Crippen LogP contribution is 2.69. The summed E-state index contributed by atoms with van der Waals surface area (Å²) in [4.78, 5) is 8.73. The van der Waals surface area contributed by atoms with Gasteiger partial charge in [-0.1, -0.05) is 119 Å². The summed E-state index contributed by atoms with van der Waals surface area (Å²) in [6, 6.07) is 12.9. The van der Waals surface area contributed by atoms with Crippen LogP contribution in [0.5, 0.6) is 0 Å². The smallest absolute Gasteiger partial charge is 0.220 e. The molecule has 5 heteroatoms. The molecular weight excluding hydrogens is 645 g/mol. The average molecular weight is 708 g/mol. The van der Waals surface area contributed by atoms with Crippen LogP contribution >= 0.6 is 0 Å². The Morgan fingerprint density at radius 3 is 2.47 bits per heavy atom. The summed E-state index contributed by atoms with van der Waals surface area (Å²) >= 11 is 0. The van der Waals surface area contributed by atoms with E-state index >= 15 is 0 Å². The van der Waals surface area contributed by atoms with Crippen molar-refractivity contribution in [3.8, 4) is 0 Å². The molecule has 53 heavy (non-hydrogen) atoms. The number of ether oxygens (including phenoxy) is 1. The molecule has 0 amide bonds. The summed E-state index contributed by atoms with van der Waals surface area (Å²) in [5.41, 5.74) is 10.2. The molecule has 0 N–H and O–H groups in total. The predicted octanol–water partition coefficient (Wildman–Crippen LogP) is 10.7. The maximum atomic E-state index is 7.82. The number of nitrogens with zero attached hydrogens (tertiary/aromatic N) is 3. The van der Waals surface area contributed by atoms with Crippen LogP contribution in [0.25, 0.3) is 0 Å². The minimum absolute atomic E-state index is 0.0171. The molecule has 0 radical (unpaired) electrons. The third-order valence-corrected chi connectivity index (χ3v) is 15.6. The molecule has 1 saturated carbocycles. The highest BCUT2D eigenvalue weighted by Gasteiger charge is 2.71. The Hall–Kier alpha value is -3.02. The van der Waals surface area contributed by atoms with Gasteiger partial charge in [-0.3, -0.25) is 4.90 Å². The summed E-state index contributed by atoms with van der Waals surface area (Å²) in [6.07, 6.45) is 35.3. The second kappa shape index (κ2) is 12.5. The van der Waals surface area contributed by atoms with E-state index in [0.29, 0.717) is 36.6 Å². The monoisotopic (exact) mass is 707 g/mol. The van der Waals surface area contributed by atoms with E-state index in [1.807, 2.05) is 5.57 Å². The second-order valence-electron chi connectivity index (χ2n) is 19.8. The van der Waals surface area contributed by atoms with Crippen LogP contribution in [0, 0.1) is 16.7 Å². The molecule has 1 aromatic rings. The number of allylic oxidation sites excluding steroid dienone is 9. The van der Waals surface area contributed by atoms with Gasteiger partial charge in [-0.05, 0) is 105 Å². The molecule has 1 aromatic carbocycles. The number of para-hydroxylation sites is 1. The van der Waals surface area contributed by atoms with Gasteiger partial charge < -0.3 is 14.5 Å². The molecule has 4 fully saturated rings. The summed E-state index contributed by atoms with van der Waals surface area (Å²) in [6.45, 7) is 15.8. The molecule has 0 aromatic heterocycles. The van der Waals surface area contributed by atoms with Crippen molar-refractivity contribution >= 4 is 12.4 Å². The fraction of sp³-hybridized carbons (Fsp3) is 0.583. The standard InChI is InChI=1S/C48H62BN3O/c1-32-29-38-43-39(30-32)52-44-37(26-25-36(46(2,3)4)42(44)48(47(52,5)6)27-17-10-18-28-48)49(43)45-40(51(38)35-23-15-9-16-24-35)31-41(53-45)50(33-19-11-7-12-20-33)34-21-13-8-14-22-34/h7-9,11-15,19-21,23,25-26,32,34,37,39-41,44-45H,10,16-18,22,24,27-31H2,1-6H3. The van der Waals surface area contributed by atoms with E-state index in [2.05, 4.69) is 141 Å². The molecule has 0 bridgehead atoms. The summed E-state index contributed by atoms with van der Waals surface area (Å²) in [7, 11) is 0. The van der Waals surface area contributed by atoms with Gasteiger partial charge in [-0.15, -0.1) is 0 Å². The first-order chi connectivity index (χ1) is 25.6. The van der Waals surface area contributed by atoms with Crippen LogP contribution in [0.3, 0.4) is 0 Å². The van der Waals surface area contributed by atoms with Crippen LogP contribution in [0.2, 0.25) is 5.82 Å². The lowest BCUT2D eigenvalue weighted by Crippen LogP contribution is -2.69. The second-order valence-corrected chi connectivity index (χ2v) is 19.8. The van der Waals surface area contributed by atoms with Gasteiger partial charge in [0.1, 0.15) is 6.23 Å². The Bertz CT molecular complexity index is 1850. The lowest BCUT2D eigenvalue weighted by molar-refractivity contribution is -0.00322. The highest BCUT2D eigenvalue weighted by atomic mass is 16.5. The molecule has 4 heterocycles. The summed E-state index contributed by atoms with van der Waals surface area (Å²) in [5, 5.41) is 0. The lowest BCUT2D eigenvalue weighted by Gasteiger charge is -2.60. The molecule has 1 spiro atoms. The highest BCUT2D eigenvalue weighted by molar-refractivity contribution is 6.71. The van der Waals surface area contributed by atoms with Crippen molar-refractivity contribution in [2.75, 3.05) is 4.90 Å². The van der Waals surface area contributed by atoms with E-state index in [1.165, 1.54) is 56.3 Å².